The number of carbonyl (C=O) groups excluding carboxylic acids is 1. The molecule has 0 heterocycles. The molecule has 0 spiro atoms. The number of benzene rings is 2. The molecule has 2 fully saturated rings. The summed E-state index contributed by atoms with van der Waals surface area (Å²) in [7, 11) is 1.27. The zero-order valence-electron chi connectivity index (χ0n) is 15.9. The monoisotopic (exact) mass is 372 g/mol. The Bertz CT molecular complexity index is 876. The topological polar surface area (TPSA) is 26.3 Å². The number of hydrogen-bond acceptors (Lipinski definition) is 2. The molecule has 4 rings (SSSR count). The van der Waals surface area contributed by atoms with Crippen LogP contribution in [0.1, 0.15) is 67.3 Å². The molecule has 4 atom stereocenters. The Morgan fingerprint density at radius 3 is 2.52 bits per heavy atom. The van der Waals surface area contributed by atoms with Crippen molar-refractivity contribution >= 4 is 16.7 Å². The lowest BCUT2D eigenvalue weighted by atomic mass is 9.64. The molecule has 0 amide bonds. The molecule has 2 saturated carbocycles. The second-order valence-corrected chi connectivity index (χ2v) is 8.47. The predicted octanol–water partition coefficient (Wildman–Crippen LogP) is 6.22. The number of fused-ring (bicyclic) bond motifs is 2. The van der Waals surface area contributed by atoms with Crippen LogP contribution in [0.4, 0.5) is 8.78 Å². The summed E-state index contributed by atoms with van der Waals surface area (Å²) in [6.07, 6.45) is 6.74. The highest BCUT2D eigenvalue weighted by molar-refractivity contribution is 5.95. The first-order chi connectivity index (χ1) is 13.0. The van der Waals surface area contributed by atoms with Gasteiger partial charge in [-0.2, -0.15) is 0 Å². The molecule has 27 heavy (non-hydrogen) atoms. The molecule has 0 aromatic heterocycles. The van der Waals surface area contributed by atoms with Crippen LogP contribution in [0.15, 0.2) is 24.3 Å². The van der Waals surface area contributed by atoms with Crippen LogP contribution in [-0.4, -0.2) is 13.1 Å². The third-order valence-corrected chi connectivity index (χ3v) is 6.78. The molecule has 0 radical (unpaired) electrons. The van der Waals surface area contributed by atoms with Crippen molar-refractivity contribution in [1.29, 1.82) is 0 Å². The lowest BCUT2D eigenvalue weighted by Crippen LogP contribution is -2.30. The van der Waals surface area contributed by atoms with Gasteiger partial charge < -0.3 is 4.74 Å². The Balaban J connectivity index is 1.66. The number of carbonyl (C=O) groups is 1. The van der Waals surface area contributed by atoms with Crippen molar-refractivity contribution in [3.8, 4) is 0 Å². The van der Waals surface area contributed by atoms with Gasteiger partial charge in [-0.3, -0.25) is 0 Å². The molecule has 144 valence electrons. The Kier molecular flexibility index (Phi) is 4.92. The van der Waals surface area contributed by atoms with E-state index in [2.05, 4.69) is 11.7 Å². The van der Waals surface area contributed by atoms with Gasteiger partial charge in [0.2, 0.25) is 0 Å². The van der Waals surface area contributed by atoms with Gasteiger partial charge in [0.05, 0.1) is 12.7 Å². The lowest BCUT2D eigenvalue weighted by molar-refractivity contribution is 0.0601. The van der Waals surface area contributed by atoms with Gasteiger partial charge in [0.25, 0.3) is 0 Å². The third-order valence-electron chi connectivity index (χ3n) is 6.78. The van der Waals surface area contributed by atoms with E-state index in [4.69, 9.17) is 0 Å². The molecule has 2 aromatic carbocycles. The van der Waals surface area contributed by atoms with Crippen molar-refractivity contribution in [2.75, 3.05) is 7.11 Å². The summed E-state index contributed by atoms with van der Waals surface area (Å²) in [6, 6.07) is 6.45. The van der Waals surface area contributed by atoms with Gasteiger partial charge in [-0.15, -0.1) is 0 Å². The van der Waals surface area contributed by atoms with Gasteiger partial charge in [0.15, 0.2) is 11.6 Å². The highest BCUT2D eigenvalue weighted by Gasteiger charge is 2.36. The number of esters is 1. The van der Waals surface area contributed by atoms with Crippen molar-refractivity contribution < 1.29 is 18.3 Å². The van der Waals surface area contributed by atoms with E-state index in [1.54, 1.807) is 18.2 Å². The van der Waals surface area contributed by atoms with E-state index in [1.165, 1.54) is 32.4 Å². The normalized spacial score (nSPS) is 28.0. The quantitative estimate of drug-likeness (QED) is 0.585. The molecule has 0 bridgehead atoms. The van der Waals surface area contributed by atoms with Crippen molar-refractivity contribution in [2.24, 2.45) is 17.8 Å². The highest BCUT2D eigenvalue weighted by Crippen LogP contribution is 2.48. The number of ether oxygens (including phenoxy) is 1. The molecule has 2 aromatic rings. The van der Waals surface area contributed by atoms with Crippen LogP contribution in [0.5, 0.6) is 0 Å². The average molecular weight is 372 g/mol. The molecule has 0 N–H and O–H groups in total. The zero-order valence-corrected chi connectivity index (χ0v) is 15.9. The number of rotatable bonds is 2. The first-order valence-electron chi connectivity index (χ1n) is 9.98. The second kappa shape index (κ2) is 7.21. The van der Waals surface area contributed by atoms with E-state index in [0.717, 1.165) is 31.1 Å². The van der Waals surface area contributed by atoms with Gasteiger partial charge in [-0.25, -0.2) is 13.6 Å². The zero-order chi connectivity index (χ0) is 19.1. The SMILES string of the molecule is COC(=O)c1ccc2cc(C3CC[C@H]4CC(C)CC[C@@H]4C3)c(F)c(F)c2c1. The summed E-state index contributed by atoms with van der Waals surface area (Å²) in [5.74, 6) is 0.108. The first-order valence-corrected chi connectivity index (χ1v) is 9.98. The summed E-state index contributed by atoms with van der Waals surface area (Å²) in [4.78, 5) is 11.7. The van der Waals surface area contributed by atoms with Gasteiger partial charge in [0.1, 0.15) is 0 Å². The standard InChI is InChI=1S/C23H26F2O2/c1-13-3-4-15-10-16(6-5-14(15)9-13)19-11-17-7-8-18(23(26)27-2)12-20(17)22(25)21(19)24/h7-8,11-16H,3-6,9-10H2,1-2H3/t13?,14-,15+,16?/m0/s1. The molecular weight excluding hydrogens is 346 g/mol. The van der Waals surface area contributed by atoms with Crippen LogP contribution in [0.2, 0.25) is 0 Å². The van der Waals surface area contributed by atoms with Crippen molar-refractivity contribution in [3.63, 3.8) is 0 Å². The fraction of sp³-hybridized carbons (Fsp3) is 0.522. The smallest absolute Gasteiger partial charge is 0.337 e. The van der Waals surface area contributed by atoms with Crippen LogP contribution < -0.4 is 0 Å². The molecule has 0 saturated heterocycles. The fourth-order valence-electron chi connectivity index (χ4n) is 5.30. The highest BCUT2D eigenvalue weighted by atomic mass is 19.2. The lowest BCUT2D eigenvalue weighted by Gasteiger charge is -2.41. The molecule has 2 aliphatic rings. The van der Waals surface area contributed by atoms with E-state index in [-0.39, 0.29) is 16.9 Å². The minimum atomic E-state index is -0.854. The Labute approximate surface area is 158 Å². The van der Waals surface area contributed by atoms with Crippen molar-refractivity contribution in [1.82, 2.24) is 0 Å². The Hall–Kier alpha value is -1.97. The average Bonchev–Trinajstić information content (AvgIpc) is 2.69. The van der Waals surface area contributed by atoms with Crippen LogP contribution in [-0.2, 0) is 4.74 Å². The van der Waals surface area contributed by atoms with Crippen LogP contribution in [0.25, 0.3) is 10.8 Å². The van der Waals surface area contributed by atoms with E-state index < -0.39 is 17.6 Å². The maximum Gasteiger partial charge on any atom is 0.337 e. The summed E-state index contributed by atoms with van der Waals surface area (Å²) >= 11 is 0. The maximum absolute atomic E-state index is 14.9. The first kappa shape index (κ1) is 18.4. The summed E-state index contributed by atoms with van der Waals surface area (Å²) < 4.78 is 34.4. The maximum atomic E-state index is 14.9. The Morgan fingerprint density at radius 2 is 1.74 bits per heavy atom. The molecular formula is C23H26F2O2. The minimum absolute atomic E-state index is 0.0823. The molecule has 4 heteroatoms. The van der Waals surface area contributed by atoms with Crippen LogP contribution in [0, 0.1) is 29.4 Å². The van der Waals surface area contributed by atoms with Gasteiger partial charge in [0, 0.05) is 5.39 Å². The number of methoxy groups -OCH3 is 1. The molecule has 2 unspecified atom stereocenters. The largest absolute Gasteiger partial charge is 0.465 e. The van der Waals surface area contributed by atoms with Crippen molar-refractivity contribution in [3.05, 3.63) is 47.0 Å². The van der Waals surface area contributed by atoms with E-state index in [0.29, 0.717) is 16.9 Å². The minimum Gasteiger partial charge on any atom is -0.465 e. The number of hydrogen-bond donors (Lipinski definition) is 0. The summed E-state index contributed by atoms with van der Waals surface area (Å²) in [6.45, 7) is 2.32. The predicted molar refractivity (Wildman–Crippen MR) is 102 cm³/mol. The summed E-state index contributed by atoms with van der Waals surface area (Å²) in [5.41, 5.74) is 0.732. The van der Waals surface area contributed by atoms with Gasteiger partial charge in [-0.05, 0) is 84.9 Å². The van der Waals surface area contributed by atoms with Crippen LogP contribution in [0.3, 0.4) is 0 Å². The summed E-state index contributed by atoms with van der Waals surface area (Å²) in [5, 5.41) is 0.773. The fourth-order valence-corrected chi connectivity index (χ4v) is 5.30. The molecule has 2 aliphatic carbocycles. The van der Waals surface area contributed by atoms with Gasteiger partial charge in [-0.1, -0.05) is 19.4 Å². The third kappa shape index (κ3) is 3.35. The van der Waals surface area contributed by atoms with E-state index in [1.807, 2.05) is 0 Å². The van der Waals surface area contributed by atoms with Gasteiger partial charge >= 0.3 is 5.97 Å². The van der Waals surface area contributed by atoms with E-state index in [9.17, 15) is 13.6 Å². The van der Waals surface area contributed by atoms with Crippen molar-refractivity contribution in [2.45, 2.75) is 51.4 Å². The van der Waals surface area contributed by atoms with E-state index >= 15 is 0 Å². The number of halogens is 2. The molecule has 2 nitrogen and oxygen atoms in total. The molecule has 0 aliphatic heterocycles. The Morgan fingerprint density at radius 1 is 1.00 bits per heavy atom. The second-order valence-electron chi connectivity index (χ2n) is 8.47. The van der Waals surface area contributed by atoms with Crippen LogP contribution >= 0.6 is 0 Å².